The Balaban J connectivity index is 2.58. The van der Waals surface area contributed by atoms with Gasteiger partial charge in [0.15, 0.2) is 0 Å². The van der Waals surface area contributed by atoms with E-state index in [0.717, 1.165) is 10.6 Å². The summed E-state index contributed by atoms with van der Waals surface area (Å²) in [7, 11) is 0. The predicted molar refractivity (Wildman–Crippen MR) is 70.8 cm³/mol. The molecule has 0 spiro atoms. The summed E-state index contributed by atoms with van der Waals surface area (Å²) >= 11 is 5.83. The first-order valence-corrected chi connectivity index (χ1v) is 5.99. The van der Waals surface area contributed by atoms with E-state index in [-0.39, 0.29) is 11.9 Å². The number of hydrogen-bond acceptors (Lipinski definition) is 2. The first kappa shape index (κ1) is 14.0. The monoisotopic (exact) mass is 254 g/mol. The summed E-state index contributed by atoms with van der Waals surface area (Å²) in [6.45, 7) is 6.25. The van der Waals surface area contributed by atoms with Crippen molar-refractivity contribution >= 4 is 17.5 Å². The lowest BCUT2D eigenvalue weighted by molar-refractivity contribution is -0.125. The van der Waals surface area contributed by atoms with Crippen LogP contribution in [0.25, 0.3) is 0 Å². The SMILES string of the molecule is C[C@H](NCC(C)(C)C(N)=O)c1ccc(Cl)cc1. The molecule has 0 heterocycles. The van der Waals surface area contributed by atoms with Crippen molar-refractivity contribution in [1.29, 1.82) is 0 Å². The lowest BCUT2D eigenvalue weighted by Crippen LogP contribution is -2.41. The maximum Gasteiger partial charge on any atom is 0.224 e. The summed E-state index contributed by atoms with van der Waals surface area (Å²) in [5.74, 6) is -0.298. The van der Waals surface area contributed by atoms with Crippen molar-refractivity contribution in [3.8, 4) is 0 Å². The third kappa shape index (κ3) is 4.02. The number of benzene rings is 1. The van der Waals surface area contributed by atoms with Gasteiger partial charge in [-0.1, -0.05) is 23.7 Å². The molecule has 4 heteroatoms. The van der Waals surface area contributed by atoms with Crippen LogP contribution in [0.2, 0.25) is 5.02 Å². The molecule has 0 bridgehead atoms. The highest BCUT2D eigenvalue weighted by atomic mass is 35.5. The molecule has 3 nitrogen and oxygen atoms in total. The van der Waals surface area contributed by atoms with Crippen LogP contribution in [0.15, 0.2) is 24.3 Å². The number of hydrogen-bond donors (Lipinski definition) is 2. The van der Waals surface area contributed by atoms with Crippen molar-refractivity contribution in [1.82, 2.24) is 5.32 Å². The van der Waals surface area contributed by atoms with Gasteiger partial charge in [0.05, 0.1) is 5.41 Å². The molecular formula is C13H19ClN2O. The van der Waals surface area contributed by atoms with Crippen LogP contribution in [0.4, 0.5) is 0 Å². The Morgan fingerprint density at radius 2 is 1.94 bits per heavy atom. The summed E-state index contributed by atoms with van der Waals surface area (Å²) < 4.78 is 0. The quantitative estimate of drug-likeness (QED) is 0.848. The first-order valence-electron chi connectivity index (χ1n) is 5.61. The standard InChI is InChI=1S/C13H19ClN2O/c1-9(10-4-6-11(14)7-5-10)16-8-13(2,3)12(15)17/h4-7,9,16H,8H2,1-3H3,(H2,15,17)/t9-/m0/s1. The molecule has 0 saturated heterocycles. The highest BCUT2D eigenvalue weighted by Crippen LogP contribution is 2.18. The molecule has 0 fully saturated rings. The van der Waals surface area contributed by atoms with E-state index in [2.05, 4.69) is 5.32 Å². The number of rotatable bonds is 5. The Bertz CT molecular complexity index is 387. The number of carbonyl (C=O) groups excluding carboxylic acids is 1. The molecule has 1 atom stereocenters. The Hall–Kier alpha value is -1.06. The van der Waals surface area contributed by atoms with Gasteiger partial charge >= 0.3 is 0 Å². The molecule has 0 aromatic heterocycles. The molecule has 0 unspecified atom stereocenters. The Kier molecular flexibility index (Phi) is 4.54. The molecule has 0 aliphatic rings. The van der Waals surface area contributed by atoms with E-state index < -0.39 is 5.41 Å². The third-order valence-corrected chi connectivity index (χ3v) is 3.14. The van der Waals surface area contributed by atoms with Crippen LogP contribution < -0.4 is 11.1 Å². The summed E-state index contributed by atoms with van der Waals surface area (Å²) in [6.07, 6.45) is 0. The molecule has 0 saturated carbocycles. The highest BCUT2D eigenvalue weighted by Gasteiger charge is 2.25. The van der Waals surface area contributed by atoms with E-state index in [1.807, 2.05) is 45.0 Å². The van der Waals surface area contributed by atoms with Crippen molar-refractivity contribution in [2.45, 2.75) is 26.8 Å². The maximum atomic E-state index is 11.2. The van der Waals surface area contributed by atoms with Crippen LogP contribution in [0.5, 0.6) is 0 Å². The van der Waals surface area contributed by atoms with Gasteiger partial charge < -0.3 is 11.1 Å². The summed E-state index contributed by atoms with van der Waals surface area (Å²) in [5, 5.41) is 4.02. The fourth-order valence-corrected chi connectivity index (χ4v) is 1.49. The van der Waals surface area contributed by atoms with Gasteiger partial charge in [-0.2, -0.15) is 0 Å². The van der Waals surface area contributed by atoms with Crippen LogP contribution in [0.3, 0.4) is 0 Å². The second-order valence-electron chi connectivity index (χ2n) is 4.90. The average Bonchev–Trinajstić information content (AvgIpc) is 2.27. The number of halogens is 1. The van der Waals surface area contributed by atoms with Crippen LogP contribution in [-0.2, 0) is 4.79 Å². The molecular weight excluding hydrogens is 236 g/mol. The van der Waals surface area contributed by atoms with E-state index in [9.17, 15) is 4.79 Å². The minimum Gasteiger partial charge on any atom is -0.369 e. The fourth-order valence-electron chi connectivity index (χ4n) is 1.36. The molecule has 1 aromatic rings. The van der Waals surface area contributed by atoms with Crippen LogP contribution in [0, 0.1) is 5.41 Å². The number of primary amides is 1. The Morgan fingerprint density at radius 3 is 2.41 bits per heavy atom. The van der Waals surface area contributed by atoms with Gasteiger partial charge in [0.2, 0.25) is 5.91 Å². The lowest BCUT2D eigenvalue weighted by Gasteiger charge is -2.24. The topological polar surface area (TPSA) is 55.1 Å². The van der Waals surface area contributed by atoms with Gasteiger partial charge in [0.25, 0.3) is 0 Å². The van der Waals surface area contributed by atoms with E-state index in [4.69, 9.17) is 17.3 Å². The normalized spacial score (nSPS) is 13.4. The van der Waals surface area contributed by atoms with Gasteiger partial charge in [-0.05, 0) is 38.5 Å². The molecule has 1 amide bonds. The number of carbonyl (C=O) groups is 1. The summed E-state index contributed by atoms with van der Waals surface area (Å²) in [6, 6.07) is 7.81. The number of nitrogens with one attached hydrogen (secondary N) is 1. The van der Waals surface area contributed by atoms with Crippen LogP contribution in [-0.4, -0.2) is 12.5 Å². The molecule has 94 valence electrons. The second-order valence-corrected chi connectivity index (χ2v) is 5.34. The molecule has 1 rings (SSSR count). The molecule has 0 aliphatic carbocycles. The van der Waals surface area contributed by atoms with E-state index in [0.29, 0.717) is 6.54 Å². The number of amides is 1. The van der Waals surface area contributed by atoms with Gasteiger partial charge in [-0.3, -0.25) is 4.79 Å². The van der Waals surface area contributed by atoms with Crippen molar-refractivity contribution < 1.29 is 4.79 Å². The van der Waals surface area contributed by atoms with Gasteiger partial charge in [-0.15, -0.1) is 0 Å². The van der Waals surface area contributed by atoms with Crippen LogP contribution >= 0.6 is 11.6 Å². The van der Waals surface area contributed by atoms with E-state index in [1.165, 1.54) is 0 Å². The zero-order valence-electron chi connectivity index (χ0n) is 10.5. The van der Waals surface area contributed by atoms with Gasteiger partial charge in [0.1, 0.15) is 0 Å². The second kappa shape index (κ2) is 5.52. The van der Waals surface area contributed by atoms with E-state index >= 15 is 0 Å². The zero-order valence-corrected chi connectivity index (χ0v) is 11.2. The maximum absolute atomic E-state index is 11.2. The molecule has 17 heavy (non-hydrogen) atoms. The largest absolute Gasteiger partial charge is 0.369 e. The predicted octanol–water partition coefficient (Wildman–Crippen LogP) is 2.50. The molecule has 0 aliphatic heterocycles. The van der Waals surface area contributed by atoms with Gasteiger partial charge in [-0.25, -0.2) is 0 Å². The van der Waals surface area contributed by atoms with Gasteiger partial charge in [0, 0.05) is 17.6 Å². The average molecular weight is 255 g/mol. The smallest absolute Gasteiger partial charge is 0.224 e. The van der Waals surface area contributed by atoms with E-state index in [1.54, 1.807) is 0 Å². The summed E-state index contributed by atoms with van der Waals surface area (Å²) in [4.78, 5) is 11.2. The molecule has 3 N–H and O–H groups in total. The first-order chi connectivity index (χ1) is 7.83. The van der Waals surface area contributed by atoms with Crippen molar-refractivity contribution in [2.75, 3.05) is 6.54 Å². The van der Waals surface area contributed by atoms with Crippen LogP contribution in [0.1, 0.15) is 32.4 Å². The fraction of sp³-hybridized carbons (Fsp3) is 0.462. The highest BCUT2D eigenvalue weighted by molar-refractivity contribution is 6.30. The van der Waals surface area contributed by atoms with Crippen molar-refractivity contribution in [3.63, 3.8) is 0 Å². The zero-order chi connectivity index (χ0) is 13.1. The Morgan fingerprint density at radius 1 is 1.41 bits per heavy atom. The minimum absolute atomic E-state index is 0.158. The Labute approximate surface area is 107 Å². The molecule has 0 radical (unpaired) electrons. The molecule has 1 aromatic carbocycles. The van der Waals surface area contributed by atoms with Crippen molar-refractivity contribution in [2.24, 2.45) is 11.1 Å². The van der Waals surface area contributed by atoms with Crippen molar-refractivity contribution in [3.05, 3.63) is 34.9 Å². The minimum atomic E-state index is -0.541. The summed E-state index contributed by atoms with van der Waals surface area (Å²) in [5.41, 5.74) is 5.91. The number of nitrogens with two attached hydrogens (primary N) is 1. The lowest BCUT2D eigenvalue weighted by atomic mass is 9.92. The third-order valence-electron chi connectivity index (χ3n) is 2.89.